The van der Waals surface area contributed by atoms with Crippen LogP contribution >= 0.6 is 24.0 Å². The van der Waals surface area contributed by atoms with Crippen molar-refractivity contribution in [2.24, 2.45) is 0 Å². The molecule has 1 atom stereocenters. The van der Waals surface area contributed by atoms with Crippen LogP contribution < -0.4 is 0 Å². The quantitative estimate of drug-likeness (QED) is 0.790. The zero-order chi connectivity index (χ0) is 15.4. The van der Waals surface area contributed by atoms with Crippen LogP contribution in [0.1, 0.15) is 24.1 Å². The molecule has 22 heavy (non-hydrogen) atoms. The Labute approximate surface area is 141 Å². The molecule has 3 rings (SSSR count). The minimum Gasteiger partial charge on any atom is -0.340 e. The second kappa shape index (κ2) is 7.22. The normalized spacial score (nSPS) is 17.5. The summed E-state index contributed by atoms with van der Waals surface area (Å²) in [5.74, 6) is 0.943. The van der Waals surface area contributed by atoms with Crippen LogP contribution in [0.5, 0.6) is 0 Å². The van der Waals surface area contributed by atoms with Gasteiger partial charge in [0.05, 0.1) is 12.5 Å². The number of hydrogen-bond donors (Lipinski definition) is 0. The number of rotatable bonds is 4. The molecule has 0 radical (unpaired) electrons. The van der Waals surface area contributed by atoms with Crippen molar-refractivity contribution in [1.29, 1.82) is 0 Å². The van der Waals surface area contributed by atoms with E-state index in [1.165, 1.54) is 11.1 Å². The Kier molecular flexibility index (Phi) is 5.08. The van der Waals surface area contributed by atoms with Gasteiger partial charge in [0.2, 0.25) is 0 Å². The maximum Gasteiger partial charge on any atom is 0.138 e. The van der Waals surface area contributed by atoms with Crippen LogP contribution in [0.15, 0.2) is 54.9 Å². The van der Waals surface area contributed by atoms with Gasteiger partial charge in [0.15, 0.2) is 0 Å². The lowest BCUT2D eigenvalue weighted by Gasteiger charge is -2.39. The van der Waals surface area contributed by atoms with Gasteiger partial charge in [-0.05, 0) is 24.1 Å². The highest BCUT2D eigenvalue weighted by molar-refractivity contribution is 8.22. The van der Waals surface area contributed by atoms with E-state index in [9.17, 15) is 0 Å². The summed E-state index contributed by atoms with van der Waals surface area (Å²) in [5, 5.41) is 0. The Morgan fingerprint density at radius 2 is 2.05 bits per heavy atom. The lowest BCUT2D eigenvalue weighted by atomic mass is 10.1. The van der Waals surface area contributed by atoms with Gasteiger partial charge < -0.3 is 4.90 Å². The van der Waals surface area contributed by atoms with Crippen molar-refractivity contribution >= 4 is 28.3 Å². The summed E-state index contributed by atoms with van der Waals surface area (Å²) < 4.78 is 0.973. The van der Waals surface area contributed by atoms with E-state index in [1.807, 2.05) is 12.3 Å². The smallest absolute Gasteiger partial charge is 0.138 e. The highest BCUT2D eigenvalue weighted by Gasteiger charge is 2.25. The summed E-state index contributed by atoms with van der Waals surface area (Å²) in [6, 6.07) is 15.1. The molecular formula is C17H19N3S2. The molecule has 1 fully saturated rings. The molecule has 2 aromatic rings. The van der Waals surface area contributed by atoms with Gasteiger partial charge in [-0.2, -0.15) is 0 Å². The number of benzene rings is 1. The first-order chi connectivity index (χ1) is 10.7. The van der Waals surface area contributed by atoms with E-state index in [2.05, 4.69) is 58.1 Å². The molecule has 1 aromatic heterocycles. The first-order valence-corrected chi connectivity index (χ1v) is 8.73. The highest BCUT2D eigenvalue weighted by atomic mass is 32.2. The zero-order valence-corrected chi connectivity index (χ0v) is 14.2. The lowest BCUT2D eigenvalue weighted by molar-refractivity contribution is 0.163. The van der Waals surface area contributed by atoms with Crippen molar-refractivity contribution in [2.75, 3.05) is 12.5 Å². The van der Waals surface area contributed by atoms with Crippen molar-refractivity contribution in [2.45, 2.75) is 19.5 Å². The molecule has 2 heterocycles. The number of thioether (sulfide) groups is 1. The van der Waals surface area contributed by atoms with Gasteiger partial charge in [0, 0.05) is 25.0 Å². The summed E-state index contributed by atoms with van der Waals surface area (Å²) in [7, 11) is 0. The summed E-state index contributed by atoms with van der Waals surface area (Å²) in [4.78, 5) is 8.89. The Morgan fingerprint density at radius 1 is 1.23 bits per heavy atom. The van der Waals surface area contributed by atoms with Gasteiger partial charge in [-0.15, -0.1) is 0 Å². The van der Waals surface area contributed by atoms with Crippen molar-refractivity contribution in [3.05, 3.63) is 66.0 Å². The van der Waals surface area contributed by atoms with E-state index in [-0.39, 0.29) is 0 Å². The van der Waals surface area contributed by atoms with E-state index in [0.717, 1.165) is 23.4 Å². The van der Waals surface area contributed by atoms with Gasteiger partial charge in [0.1, 0.15) is 4.32 Å². The molecule has 0 saturated carbocycles. The van der Waals surface area contributed by atoms with Gasteiger partial charge in [-0.3, -0.25) is 9.88 Å². The van der Waals surface area contributed by atoms with Crippen LogP contribution in [0, 0.1) is 0 Å². The van der Waals surface area contributed by atoms with E-state index >= 15 is 0 Å². The molecule has 0 amide bonds. The molecule has 0 aliphatic carbocycles. The molecular weight excluding hydrogens is 310 g/mol. The van der Waals surface area contributed by atoms with E-state index in [4.69, 9.17) is 12.2 Å². The summed E-state index contributed by atoms with van der Waals surface area (Å²) in [6.45, 7) is 3.93. The van der Waals surface area contributed by atoms with Crippen LogP contribution in [0.2, 0.25) is 0 Å². The molecule has 1 aliphatic rings. The van der Waals surface area contributed by atoms with E-state index in [0.29, 0.717) is 6.04 Å². The fourth-order valence-electron chi connectivity index (χ4n) is 2.55. The monoisotopic (exact) mass is 329 g/mol. The Bertz CT molecular complexity index is 618. The van der Waals surface area contributed by atoms with E-state index in [1.54, 1.807) is 18.0 Å². The van der Waals surface area contributed by atoms with Crippen molar-refractivity contribution in [3.8, 4) is 0 Å². The number of nitrogens with zero attached hydrogens (tertiary/aromatic N) is 3. The molecule has 3 nitrogen and oxygen atoms in total. The third kappa shape index (κ3) is 3.66. The molecule has 1 unspecified atom stereocenters. The SMILES string of the molecule is CC(c1ccccc1)N1CSC(=S)N(Cc2cccnc2)C1. The zero-order valence-electron chi connectivity index (χ0n) is 12.6. The third-order valence-electron chi connectivity index (χ3n) is 3.89. The highest BCUT2D eigenvalue weighted by Crippen LogP contribution is 2.28. The molecule has 0 N–H and O–H groups in total. The van der Waals surface area contributed by atoms with Crippen molar-refractivity contribution < 1.29 is 0 Å². The topological polar surface area (TPSA) is 19.4 Å². The van der Waals surface area contributed by atoms with Crippen LogP contribution in [-0.4, -0.2) is 31.6 Å². The molecule has 5 heteroatoms. The Hall–Kier alpha value is -1.43. The predicted molar refractivity (Wildman–Crippen MR) is 96.4 cm³/mol. The lowest BCUT2D eigenvalue weighted by Crippen LogP contribution is -2.45. The maximum absolute atomic E-state index is 5.52. The summed E-state index contributed by atoms with van der Waals surface area (Å²) >= 11 is 7.26. The molecule has 1 aromatic carbocycles. The fraction of sp³-hybridized carbons (Fsp3) is 0.294. The van der Waals surface area contributed by atoms with Gasteiger partial charge in [-0.25, -0.2) is 0 Å². The van der Waals surface area contributed by atoms with Gasteiger partial charge >= 0.3 is 0 Å². The van der Waals surface area contributed by atoms with Crippen LogP contribution in [0.4, 0.5) is 0 Å². The molecule has 0 bridgehead atoms. The second-order valence-corrected chi connectivity index (χ2v) is 6.99. The predicted octanol–water partition coefficient (Wildman–Crippen LogP) is 3.89. The summed E-state index contributed by atoms with van der Waals surface area (Å²) in [5.41, 5.74) is 2.54. The number of pyridine rings is 1. The second-order valence-electron chi connectivity index (χ2n) is 5.42. The first kappa shape index (κ1) is 15.5. The first-order valence-electron chi connectivity index (χ1n) is 7.33. The molecule has 1 saturated heterocycles. The van der Waals surface area contributed by atoms with Crippen molar-refractivity contribution in [1.82, 2.24) is 14.8 Å². The number of hydrogen-bond acceptors (Lipinski definition) is 4. The average molecular weight is 329 g/mol. The fourth-order valence-corrected chi connectivity index (χ4v) is 3.72. The minimum absolute atomic E-state index is 0.383. The van der Waals surface area contributed by atoms with Crippen LogP contribution in [0.3, 0.4) is 0 Å². The molecule has 1 aliphatic heterocycles. The number of thiocarbonyl (C=S) groups is 1. The van der Waals surface area contributed by atoms with E-state index < -0.39 is 0 Å². The minimum atomic E-state index is 0.383. The Balaban J connectivity index is 1.69. The van der Waals surface area contributed by atoms with Gasteiger partial charge in [0.25, 0.3) is 0 Å². The maximum atomic E-state index is 5.52. The average Bonchev–Trinajstić information content (AvgIpc) is 2.58. The summed E-state index contributed by atoms with van der Waals surface area (Å²) in [6.07, 6.45) is 3.71. The van der Waals surface area contributed by atoms with Crippen LogP contribution in [-0.2, 0) is 6.54 Å². The third-order valence-corrected chi connectivity index (χ3v) is 5.47. The van der Waals surface area contributed by atoms with Gasteiger partial charge in [-0.1, -0.05) is 60.4 Å². The molecule has 0 spiro atoms. The Morgan fingerprint density at radius 3 is 2.77 bits per heavy atom. The standard InChI is InChI=1S/C17H19N3S2/c1-14(16-7-3-2-4-8-16)20-12-19(17(21)22-13-20)11-15-6-5-9-18-10-15/h2-10,14H,11-13H2,1H3. The molecule has 114 valence electrons. The number of aromatic nitrogens is 1. The largest absolute Gasteiger partial charge is 0.340 e. The van der Waals surface area contributed by atoms with Crippen LogP contribution in [0.25, 0.3) is 0 Å². The van der Waals surface area contributed by atoms with Crippen molar-refractivity contribution in [3.63, 3.8) is 0 Å².